The van der Waals surface area contributed by atoms with Crippen LogP contribution in [0.2, 0.25) is 0 Å². The third-order valence-electron chi connectivity index (χ3n) is 2.11. The van der Waals surface area contributed by atoms with Gasteiger partial charge in [-0.15, -0.1) is 0 Å². The van der Waals surface area contributed by atoms with Crippen molar-refractivity contribution >= 4 is 33.5 Å². The zero-order valence-electron chi connectivity index (χ0n) is 7.40. The summed E-state index contributed by atoms with van der Waals surface area (Å²) in [5.74, 6) is -0.297. The van der Waals surface area contributed by atoms with E-state index < -0.39 is 0 Å². The van der Waals surface area contributed by atoms with Crippen molar-refractivity contribution in [1.82, 2.24) is 4.98 Å². The van der Waals surface area contributed by atoms with Gasteiger partial charge in [0.2, 0.25) is 5.43 Å². The number of H-pyrrole nitrogens is 1. The molecule has 0 atom stereocenters. The number of aryl methyl sites for hydroxylation is 1. The molecule has 1 heterocycles. The van der Waals surface area contributed by atoms with Crippen molar-refractivity contribution in [1.29, 1.82) is 0 Å². The van der Waals surface area contributed by atoms with Gasteiger partial charge in [0.15, 0.2) is 0 Å². The van der Waals surface area contributed by atoms with Crippen LogP contribution in [0.15, 0.2) is 23.1 Å². The predicted molar refractivity (Wildman–Crippen MR) is 62.0 cm³/mol. The molecule has 0 spiro atoms. The molecular formula is C10H7FINO. The summed E-state index contributed by atoms with van der Waals surface area (Å²) >= 11 is 1.96. The van der Waals surface area contributed by atoms with Crippen LogP contribution in [0, 0.1) is 16.3 Å². The first-order chi connectivity index (χ1) is 6.59. The Bertz CT molecular complexity index is 562. The van der Waals surface area contributed by atoms with Crippen LogP contribution in [0.5, 0.6) is 0 Å². The molecule has 0 aliphatic carbocycles. The first-order valence-electron chi connectivity index (χ1n) is 4.06. The number of hydrogen-bond acceptors (Lipinski definition) is 1. The van der Waals surface area contributed by atoms with Gasteiger partial charge in [0.25, 0.3) is 0 Å². The summed E-state index contributed by atoms with van der Waals surface area (Å²) in [5, 5.41) is 0.538. The van der Waals surface area contributed by atoms with E-state index in [1.165, 1.54) is 6.07 Å². The third kappa shape index (κ3) is 1.43. The number of fused-ring (bicyclic) bond motifs is 1. The van der Waals surface area contributed by atoms with Crippen molar-refractivity contribution in [3.63, 3.8) is 0 Å². The van der Waals surface area contributed by atoms with Crippen molar-refractivity contribution in [2.45, 2.75) is 6.92 Å². The molecule has 0 fully saturated rings. The number of aromatic nitrogens is 1. The quantitative estimate of drug-likeness (QED) is 0.746. The highest BCUT2D eigenvalue weighted by atomic mass is 127. The molecule has 0 saturated carbocycles. The Morgan fingerprint density at radius 1 is 1.43 bits per heavy atom. The first kappa shape index (κ1) is 9.64. The lowest BCUT2D eigenvalue weighted by atomic mass is 10.1. The van der Waals surface area contributed by atoms with Crippen LogP contribution in [0.3, 0.4) is 0 Å². The van der Waals surface area contributed by atoms with Crippen molar-refractivity contribution < 1.29 is 4.39 Å². The molecule has 2 aromatic rings. The fraction of sp³-hybridized carbons (Fsp3) is 0.100. The molecule has 0 aliphatic heterocycles. The Kier molecular flexibility index (Phi) is 2.30. The number of nitrogens with one attached hydrogen (secondary N) is 1. The zero-order chi connectivity index (χ0) is 10.3. The average Bonchev–Trinajstić information content (AvgIpc) is 2.15. The molecule has 2 rings (SSSR count). The molecule has 1 aromatic heterocycles. The van der Waals surface area contributed by atoms with Gasteiger partial charge in [-0.3, -0.25) is 4.79 Å². The lowest BCUT2D eigenvalue weighted by molar-refractivity contribution is 0.620. The van der Waals surface area contributed by atoms with Gasteiger partial charge in [-0.2, -0.15) is 0 Å². The van der Waals surface area contributed by atoms with Gasteiger partial charge in [0.05, 0.1) is 9.09 Å². The van der Waals surface area contributed by atoms with Crippen LogP contribution in [0.1, 0.15) is 5.56 Å². The Morgan fingerprint density at radius 2 is 2.14 bits per heavy atom. The van der Waals surface area contributed by atoms with Crippen LogP contribution >= 0.6 is 22.6 Å². The van der Waals surface area contributed by atoms with Crippen LogP contribution in [-0.2, 0) is 0 Å². The molecule has 1 N–H and O–H groups in total. The Hall–Kier alpha value is -0.910. The van der Waals surface area contributed by atoms with Gasteiger partial charge in [-0.1, -0.05) is 0 Å². The van der Waals surface area contributed by atoms with E-state index in [4.69, 9.17) is 0 Å². The minimum Gasteiger partial charge on any atom is -0.360 e. The minimum absolute atomic E-state index is 0.0533. The lowest BCUT2D eigenvalue weighted by Crippen LogP contribution is -2.06. The highest BCUT2D eigenvalue weighted by Gasteiger charge is 2.05. The molecule has 0 amide bonds. The second-order valence-electron chi connectivity index (χ2n) is 3.11. The maximum atomic E-state index is 13.2. The molecule has 4 heteroatoms. The van der Waals surface area contributed by atoms with E-state index in [1.54, 1.807) is 19.2 Å². The van der Waals surface area contributed by atoms with Crippen molar-refractivity contribution in [2.75, 3.05) is 0 Å². The number of pyridine rings is 1. The summed E-state index contributed by atoms with van der Waals surface area (Å²) < 4.78 is 13.8. The fourth-order valence-electron chi connectivity index (χ4n) is 1.32. The Labute approximate surface area is 93.3 Å². The van der Waals surface area contributed by atoms with E-state index in [0.717, 1.165) is 0 Å². The summed E-state index contributed by atoms with van der Waals surface area (Å²) in [6, 6.07) is 2.92. The number of benzene rings is 1. The summed E-state index contributed by atoms with van der Waals surface area (Å²) in [6.45, 7) is 1.65. The molecule has 0 bridgehead atoms. The molecule has 0 radical (unpaired) electrons. The third-order valence-corrected chi connectivity index (χ3v) is 2.92. The second kappa shape index (κ2) is 3.34. The normalized spacial score (nSPS) is 10.8. The topological polar surface area (TPSA) is 32.9 Å². The van der Waals surface area contributed by atoms with Crippen molar-refractivity contribution in [2.24, 2.45) is 0 Å². The van der Waals surface area contributed by atoms with Crippen LogP contribution < -0.4 is 5.43 Å². The monoisotopic (exact) mass is 303 g/mol. The van der Waals surface area contributed by atoms with Gasteiger partial charge < -0.3 is 4.98 Å². The largest absolute Gasteiger partial charge is 0.360 e. The summed E-state index contributed by atoms with van der Waals surface area (Å²) in [4.78, 5) is 14.5. The van der Waals surface area contributed by atoms with E-state index >= 15 is 0 Å². The summed E-state index contributed by atoms with van der Waals surface area (Å²) in [5.41, 5.74) is 0.978. The van der Waals surface area contributed by atoms with Gasteiger partial charge >= 0.3 is 0 Å². The van der Waals surface area contributed by atoms with E-state index in [0.29, 0.717) is 20.0 Å². The van der Waals surface area contributed by atoms with Crippen LogP contribution in [0.25, 0.3) is 10.9 Å². The highest BCUT2D eigenvalue weighted by molar-refractivity contribution is 14.1. The predicted octanol–water partition coefficient (Wildman–Crippen LogP) is 2.58. The number of aromatic amines is 1. The second-order valence-corrected chi connectivity index (χ2v) is 4.27. The zero-order valence-corrected chi connectivity index (χ0v) is 9.55. The Morgan fingerprint density at radius 3 is 2.86 bits per heavy atom. The van der Waals surface area contributed by atoms with Crippen molar-refractivity contribution in [3.05, 3.63) is 43.5 Å². The van der Waals surface area contributed by atoms with E-state index in [9.17, 15) is 9.18 Å². The number of halogens is 2. The molecule has 2 nitrogen and oxygen atoms in total. The van der Waals surface area contributed by atoms with Crippen molar-refractivity contribution in [3.8, 4) is 0 Å². The van der Waals surface area contributed by atoms with E-state index in [-0.39, 0.29) is 11.2 Å². The lowest BCUT2D eigenvalue weighted by Gasteiger charge is -2.01. The maximum absolute atomic E-state index is 13.2. The molecule has 0 saturated heterocycles. The fourth-order valence-corrected chi connectivity index (χ4v) is 1.77. The van der Waals surface area contributed by atoms with Gasteiger partial charge in [-0.25, -0.2) is 4.39 Å². The van der Waals surface area contributed by atoms with Crippen LogP contribution in [-0.4, -0.2) is 4.98 Å². The average molecular weight is 303 g/mol. The molecular weight excluding hydrogens is 296 g/mol. The molecule has 1 aromatic carbocycles. The maximum Gasteiger partial charge on any atom is 0.202 e. The molecule has 14 heavy (non-hydrogen) atoms. The number of hydrogen-bond donors (Lipinski definition) is 1. The molecule has 0 aliphatic rings. The van der Waals surface area contributed by atoms with Gasteiger partial charge in [0, 0.05) is 11.6 Å². The smallest absolute Gasteiger partial charge is 0.202 e. The van der Waals surface area contributed by atoms with Gasteiger partial charge in [-0.05, 0) is 47.2 Å². The Balaban J connectivity index is 2.97. The number of rotatable bonds is 0. The first-order valence-corrected chi connectivity index (χ1v) is 5.14. The van der Waals surface area contributed by atoms with Crippen LogP contribution in [0.4, 0.5) is 4.39 Å². The van der Waals surface area contributed by atoms with E-state index in [1.807, 2.05) is 22.6 Å². The summed E-state index contributed by atoms with van der Waals surface area (Å²) in [7, 11) is 0. The van der Waals surface area contributed by atoms with Gasteiger partial charge in [0.1, 0.15) is 5.82 Å². The standard InChI is InChI=1S/C10H7FINO/c1-5-2-6-9(3-7(5)11)13-4-8(12)10(6)14/h2-4H,1H3,(H,13,14). The SMILES string of the molecule is Cc1cc2c(=O)c(I)c[nH]c2cc1F. The highest BCUT2D eigenvalue weighted by Crippen LogP contribution is 2.14. The molecule has 0 unspecified atom stereocenters. The summed E-state index contributed by atoms with van der Waals surface area (Å²) in [6.07, 6.45) is 1.58. The molecule has 72 valence electrons. The van der Waals surface area contributed by atoms with E-state index in [2.05, 4.69) is 4.98 Å². The minimum atomic E-state index is -0.297.